The summed E-state index contributed by atoms with van der Waals surface area (Å²) in [6.07, 6.45) is 0. The standard InChI is InChI=1S/C24H32N2O3/c1-7-25-24(28)20(6)26(14-21-11-9-8-10-17(21)3)23(27)15-29-22-13-16(2)12-18(4)19(22)5/h8-13,20H,7,14-15H2,1-6H3,(H,25,28)/t20-/m0/s1. The van der Waals surface area contributed by atoms with Gasteiger partial charge in [-0.1, -0.05) is 30.3 Å². The van der Waals surface area contributed by atoms with E-state index in [1.54, 1.807) is 11.8 Å². The van der Waals surface area contributed by atoms with E-state index in [4.69, 9.17) is 4.74 Å². The molecule has 0 unspecified atom stereocenters. The van der Waals surface area contributed by atoms with E-state index in [-0.39, 0.29) is 18.4 Å². The highest BCUT2D eigenvalue weighted by Crippen LogP contribution is 2.23. The fourth-order valence-electron chi connectivity index (χ4n) is 3.25. The first kappa shape index (κ1) is 22.5. The summed E-state index contributed by atoms with van der Waals surface area (Å²) < 4.78 is 5.88. The number of aryl methyl sites for hydroxylation is 3. The molecular formula is C24H32N2O3. The Hall–Kier alpha value is -2.82. The van der Waals surface area contributed by atoms with Crippen LogP contribution in [-0.2, 0) is 16.1 Å². The molecule has 0 aromatic heterocycles. The highest BCUT2D eigenvalue weighted by atomic mass is 16.5. The van der Waals surface area contributed by atoms with Gasteiger partial charge in [-0.3, -0.25) is 9.59 Å². The average molecular weight is 397 g/mol. The molecule has 29 heavy (non-hydrogen) atoms. The van der Waals surface area contributed by atoms with E-state index in [1.165, 1.54) is 0 Å². The summed E-state index contributed by atoms with van der Waals surface area (Å²) in [6.45, 7) is 12.4. The normalized spacial score (nSPS) is 11.7. The molecule has 0 radical (unpaired) electrons. The highest BCUT2D eigenvalue weighted by Gasteiger charge is 2.26. The second kappa shape index (κ2) is 10.1. The lowest BCUT2D eigenvalue weighted by molar-refractivity contribution is -0.142. The van der Waals surface area contributed by atoms with Crippen molar-refractivity contribution in [1.82, 2.24) is 10.2 Å². The molecule has 0 aliphatic heterocycles. The number of carbonyl (C=O) groups is 2. The number of rotatable bonds is 8. The van der Waals surface area contributed by atoms with Crippen LogP contribution in [0.2, 0.25) is 0 Å². The van der Waals surface area contributed by atoms with Gasteiger partial charge in [-0.15, -0.1) is 0 Å². The van der Waals surface area contributed by atoms with E-state index < -0.39 is 6.04 Å². The minimum absolute atomic E-state index is 0.112. The predicted molar refractivity (Wildman–Crippen MR) is 116 cm³/mol. The predicted octanol–water partition coefficient (Wildman–Crippen LogP) is 3.85. The first-order valence-electron chi connectivity index (χ1n) is 10.1. The van der Waals surface area contributed by atoms with Crippen LogP contribution in [0.4, 0.5) is 0 Å². The third-order valence-electron chi connectivity index (χ3n) is 5.24. The van der Waals surface area contributed by atoms with Crippen LogP contribution in [0.15, 0.2) is 36.4 Å². The summed E-state index contributed by atoms with van der Waals surface area (Å²) in [7, 11) is 0. The highest BCUT2D eigenvalue weighted by molar-refractivity contribution is 5.88. The Labute approximate surface area is 174 Å². The number of benzene rings is 2. The zero-order valence-corrected chi connectivity index (χ0v) is 18.3. The fourth-order valence-corrected chi connectivity index (χ4v) is 3.25. The number of amides is 2. The Morgan fingerprint density at radius 3 is 2.41 bits per heavy atom. The molecule has 0 fully saturated rings. The van der Waals surface area contributed by atoms with Gasteiger partial charge in [0.15, 0.2) is 6.61 Å². The van der Waals surface area contributed by atoms with Crippen molar-refractivity contribution in [3.8, 4) is 5.75 Å². The van der Waals surface area contributed by atoms with Gasteiger partial charge in [-0.2, -0.15) is 0 Å². The molecule has 156 valence electrons. The molecular weight excluding hydrogens is 364 g/mol. The number of hydrogen-bond acceptors (Lipinski definition) is 3. The molecule has 2 aromatic rings. The zero-order chi connectivity index (χ0) is 21.6. The molecule has 0 spiro atoms. The van der Waals surface area contributed by atoms with Crippen molar-refractivity contribution in [2.45, 2.75) is 54.1 Å². The number of ether oxygens (including phenoxy) is 1. The number of carbonyl (C=O) groups excluding carboxylic acids is 2. The van der Waals surface area contributed by atoms with Gasteiger partial charge in [-0.25, -0.2) is 0 Å². The van der Waals surface area contributed by atoms with E-state index in [0.29, 0.717) is 18.8 Å². The Morgan fingerprint density at radius 1 is 1.07 bits per heavy atom. The van der Waals surface area contributed by atoms with E-state index in [2.05, 4.69) is 11.4 Å². The van der Waals surface area contributed by atoms with Crippen LogP contribution in [0.5, 0.6) is 5.75 Å². The van der Waals surface area contributed by atoms with Crippen molar-refractivity contribution in [2.75, 3.05) is 13.2 Å². The first-order chi connectivity index (χ1) is 13.7. The molecule has 2 amide bonds. The molecule has 0 bridgehead atoms. The lowest BCUT2D eigenvalue weighted by atomic mass is 10.1. The minimum Gasteiger partial charge on any atom is -0.483 e. The van der Waals surface area contributed by atoms with Crippen molar-refractivity contribution in [3.63, 3.8) is 0 Å². The van der Waals surface area contributed by atoms with Gasteiger partial charge >= 0.3 is 0 Å². The van der Waals surface area contributed by atoms with Crippen molar-refractivity contribution in [3.05, 3.63) is 64.2 Å². The van der Waals surface area contributed by atoms with Crippen LogP contribution in [0, 0.1) is 27.7 Å². The summed E-state index contributed by atoms with van der Waals surface area (Å²) in [5, 5.41) is 2.81. The molecule has 0 aliphatic carbocycles. The molecule has 1 N–H and O–H groups in total. The first-order valence-corrected chi connectivity index (χ1v) is 10.1. The summed E-state index contributed by atoms with van der Waals surface area (Å²) in [5.74, 6) is 0.319. The summed E-state index contributed by atoms with van der Waals surface area (Å²) in [4.78, 5) is 27.1. The SMILES string of the molecule is CCNC(=O)[C@H](C)N(Cc1ccccc1C)C(=O)COc1cc(C)cc(C)c1C. The Kier molecular flexibility index (Phi) is 7.82. The van der Waals surface area contributed by atoms with E-state index in [9.17, 15) is 9.59 Å². The zero-order valence-electron chi connectivity index (χ0n) is 18.3. The Morgan fingerprint density at radius 2 is 1.76 bits per heavy atom. The largest absolute Gasteiger partial charge is 0.483 e. The number of hydrogen-bond donors (Lipinski definition) is 1. The van der Waals surface area contributed by atoms with E-state index >= 15 is 0 Å². The molecule has 5 heteroatoms. The Balaban J connectivity index is 2.22. The smallest absolute Gasteiger partial charge is 0.261 e. The van der Waals surface area contributed by atoms with Gasteiger partial charge in [0.25, 0.3) is 5.91 Å². The molecule has 0 saturated heterocycles. The molecule has 0 saturated carbocycles. The minimum atomic E-state index is -0.592. The van der Waals surface area contributed by atoms with Crippen LogP contribution < -0.4 is 10.1 Å². The summed E-state index contributed by atoms with van der Waals surface area (Å²) >= 11 is 0. The second-order valence-corrected chi connectivity index (χ2v) is 7.51. The van der Waals surface area contributed by atoms with Crippen molar-refractivity contribution < 1.29 is 14.3 Å². The maximum atomic E-state index is 13.1. The topological polar surface area (TPSA) is 58.6 Å². The third kappa shape index (κ3) is 5.83. The fraction of sp³-hybridized carbons (Fsp3) is 0.417. The van der Waals surface area contributed by atoms with E-state index in [0.717, 1.165) is 27.8 Å². The maximum absolute atomic E-state index is 13.1. The van der Waals surface area contributed by atoms with Crippen molar-refractivity contribution in [2.24, 2.45) is 0 Å². The molecule has 1 atom stereocenters. The second-order valence-electron chi connectivity index (χ2n) is 7.51. The van der Waals surface area contributed by atoms with Gasteiger partial charge in [0.1, 0.15) is 11.8 Å². The third-order valence-corrected chi connectivity index (χ3v) is 5.24. The number of nitrogens with zero attached hydrogens (tertiary/aromatic N) is 1. The van der Waals surface area contributed by atoms with E-state index in [1.807, 2.05) is 65.0 Å². The Bertz CT molecular complexity index is 876. The molecule has 5 nitrogen and oxygen atoms in total. The lowest BCUT2D eigenvalue weighted by Gasteiger charge is -2.29. The lowest BCUT2D eigenvalue weighted by Crippen LogP contribution is -2.49. The number of nitrogens with one attached hydrogen (secondary N) is 1. The number of likely N-dealkylation sites (N-methyl/N-ethyl adjacent to an activating group) is 1. The average Bonchev–Trinajstić information content (AvgIpc) is 2.68. The maximum Gasteiger partial charge on any atom is 0.261 e. The van der Waals surface area contributed by atoms with Crippen LogP contribution in [0.25, 0.3) is 0 Å². The molecule has 2 rings (SSSR count). The van der Waals surface area contributed by atoms with Crippen molar-refractivity contribution >= 4 is 11.8 Å². The van der Waals surface area contributed by atoms with Gasteiger partial charge in [0.2, 0.25) is 5.91 Å². The van der Waals surface area contributed by atoms with Gasteiger partial charge in [0, 0.05) is 13.1 Å². The van der Waals surface area contributed by atoms with Crippen LogP contribution in [-0.4, -0.2) is 35.9 Å². The van der Waals surface area contributed by atoms with Gasteiger partial charge in [-0.05, 0) is 75.4 Å². The van der Waals surface area contributed by atoms with Crippen LogP contribution >= 0.6 is 0 Å². The van der Waals surface area contributed by atoms with Crippen LogP contribution in [0.1, 0.15) is 41.7 Å². The van der Waals surface area contributed by atoms with Crippen molar-refractivity contribution in [1.29, 1.82) is 0 Å². The molecule has 0 aliphatic rings. The summed E-state index contributed by atoms with van der Waals surface area (Å²) in [6, 6.07) is 11.3. The molecule has 2 aromatic carbocycles. The van der Waals surface area contributed by atoms with Gasteiger partial charge < -0.3 is 15.0 Å². The van der Waals surface area contributed by atoms with Crippen LogP contribution in [0.3, 0.4) is 0 Å². The molecule has 0 heterocycles. The summed E-state index contributed by atoms with van der Waals surface area (Å²) in [5.41, 5.74) is 5.33. The quantitative estimate of drug-likeness (QED) is 0.737. The monoisotopic (exact) mass is 396 g/mol. The van der Waals surface area contributed by atoms with Gasteiger partial charge in [0.05, 0.1) is 0 Å².